The van der Waals surface area contributed by atoms with Gasteiger partial charge in [0, 0.05) is 11.4 Å². The van der Waals surface area contributed by atoms with Crippen molar-refractivity contribution in [2.45, 2.75) is 38.0 Å². The van der Waals surface area contributed by atoms with Gasteiger partial charge in [-0.2, -0.15) is 0 Å². The molecular formula is C24H24N2O3. The van der Waals surface area contributed by atoms with E-state index in [1.54, 1.807) is 18.2 Å². The maximum atomic E-state index is 13.4. The first-order valence-electron chi connectivity index (χ1n) is 9.91. The molecule has 0 unspecified atom stereocenters. The zero-order valence-electron chi connectivity index (χ0n) is 16.4. The fraction of sp³-hybridized carbons (Fsp3) is 0.250. The van der Waals surface area contributed by atoms with Crippen molar-refractivity contribution < 1.29 is 14.0 Å². The minimum atomic E-state index is -0.499. The molecule has 1 aromatic heterocycles. The van der Waals surface area contributed by atoms with Crippen LogP contribution in [0.1, 0.15) is 47.4 Å². The molecule has 0 aliphatic heterocycles. The average molecular weight is 388 g/mol. The number of anilines is 2. The fourth-order valence-corrected chi connectivity index (χ4v) is 4.06. The van der Waals surface area contributed by atoms with Crippen molar-refractivity contribution in [1.82, 2.24) is 0 Å². The van der Waals surface area contributed by atoms with Crippen molar-refractivity contribution >= 4 is 23.2 Å². The minimum absolute atomic E-state index is 0.0128. The van der Waals surface area contributed by atoms with Crippen LogP contribution in [0.25, 0.3) is 0 Å². The first-order chi connectivity index (χ1) is 14.1. The molecule has 1 aliphatic rings. The van der Waals surface area contributed by atoms with E-state index in [-0.39, 0.29) is 17.6 Å². The Morgan fingerprint density at radius 2 is 1.69 bits per heavy atom. The molecule has 5 nitrogen and oxygen atoms in total. The van der Waals surface area contributed by atoms with Gasteiger partial charge in [0.15, 0.2) is 5.76 Å². The van der Waals surface area contributed by atoms with Gasteiger partial charge in [-0.05, 0) is 55.2 Å². The summed E-state index contributed by atoms with van der Waals surface area (Å²) in [5.41, 5.74) is 2.81. The van der Waals surface area contributed by atoms with Crippen LogP contribution in [0.4, 0.5) is 11.4 Å². The van der Waals surface area contributed by atoms with Crippen molar-refractivity contribution in [3.63, 3.8) is 0 Å². The van der Waals surface area contributed by atoms with Crippen molar-refractivity contribution in [2.24, 2.45) is 0 Å². The van der Waals surface area contributed by atoms with Gasteiger partial charge in [-0.1, -0.05) is 49.2 Å². The number of furan rings is 1. The largest absolute Gasteiger partial charge is 0.459 e. The SMILES string of the molecule is Cc1ccc(NC(=O)c2ccco2)cc1NC(=O)C1(c2ccccc2)CCCC1. The second-order valence-electron chi connectivity index (χ2n) is 7.57. The first kappa shape index (κ1) is 19.0. The van der Waals surface area contributed by atoms with E-state index in [0.29, 0.717) is 11.4 Å². The predicted molar refractivity (Wildman–Crippen MR) is 113 cm³/mol. The average Bonchev–Trinajstić information content (AvgIpc) is 3.44. The van der Waals surface area contributed by atoms with E-state index in [1.807, 2.05) is 49.4 Å². The smallest absolute Gasteiger partial charge is 0.291 e. The maximum absolute atomic E-state index is 13.4. The molecule has 0 radical (unpaired) electrons. The van der Waals surface area contributed by atoms with Gasteiger partial charge in [-0.25, -0.2) is 0 Å². The molecule has 0 spiro atoms. The Balaban J connectivity index is 1.57. The summed E-state index contributed by atoms with van der Waals surface area (Å²) in [5.74, 6) is -0.0726. The number of carbonyl (C=O) groups is 2. The summed E-state index contributed by atoms with van der Waals surface area (Å²) in [7, 11) is 0. The van der Waals surface area contributed by atoms with Gasteiger partial charge >= 0.3 is 0 Å². The van der Waals surface area contributed by atoms with Crippen LogP contribution in [0.5, 0.6) is 0 Å². The molecule has 0 bridgehead atoms. The second kappa shape index (κ2) is 7.95. The van der Waals surface area contributed by atoms with E-state index in [0.717, 1.165) is 36.8 Å². The van der Waals surface area contributed by atoms with E-state index in [4.69, 9.17) is 4.42 Å². The number of aryl methyl sites for hydroxylation is 1. The van der Waals surface area contributed by atoms with Crippen LogP contribution in [0, 0.1) is 6.92 Å². The Kier molecular flexibility index (Phi) is 5.21. The van der Waals surface area contributed by atoms with Crippen molar-refractivity contribution in [3.8, 4) is 0 Å². The van der Waals surface area contributed by atoms with Crippen molar-refractivity contribution in [3.05, 3.63) is 83.8 Å². The lowest BCUT2D eigenvalue weighted by Crippen LogP contribution is -2.38. The van der Waals surface area contributed by atoms with Gasteiger partial charge in [-0.3, -0.25) is 9.59 Å². The van der Waals surface area contributed by atoms with Crippen LogP contribution >= 0.6 is 0 Å². The van der Waals surface area contributed by atoms with Gasteiger partial charge in [0.2, 0.25) is 5.91 Å². The third kappa shape index (κ3) is 3.81. The summed E-state index contributed by atoms with van der Waals surface area (Å²) in [5, 5.41) is 5.94. The van der Waals surface area contributed by atoms with Crippen molar-refractivity contribution in [2.75, 3.05) is 10.6 Å². The number of amides is 2. The lowest BCUT2D eigenvalue weighted by molar-refractivity contribution is -0.121. The molecule has 3 aromatic rings. The Bertz CT molecular complexity index is 1000. The molecule has 1 saturated carbocycles. The highest BCUT2D eigenvalue weighted by atomic mass is 16.3. The normalized spacial score (nSPS) is 15.1. The number of nitrogens with one attached hydrogen (secondary N) is 2. The molecule has 1 heterocycles. The number of hydrogen-bond acceptors (Lipinski definition) is 3. The van der Waals surface area contributed by atoms with Crippen LogP contribution in [0.3, 0.4) is 0 Å². The number of rotatable bonds is 5. The van der Waals surface area contributed by atoms with E-state index in [1.165, 1.54) is 6.26 Å². The highest BCUT2D eigenvalue weighted by Gasteiger charge is 2.42. The molecule has 2 amide bonds. The van der Waals surface area contributed by atoms with Gasteiger partial charge in [0.25, 0.3) is 5.91 Å². The topological polar surface area (TPSA) is 71.3 Å². The quantitative estimate of drug-likeness (QED) is 0.624. The molecule has 1 aliphatic carbocycles. The van der Waals surface area contributed by atoms with Crippen LogP contribution < -0.4 is 10.6 Å². The van der Waals surface area contributed by atoms with Gasteiger partial charge < -0.3 is 15.1 Å². The third-order valence-corrected chi connectivity index (χ3v) is 5.71. The summed E-state index contributed by atoms with van der Waals surface area (Å²) >= 11 is 0. The van der Waals surface area contributed by atoms with Crippen molar-refractivity contribution in [1.29, 1.82) is 0 Å². The number of benzene rings is 2. The van der Waals surface area contributed by atoms with Gasteiger partial charge in [0.05, 0.1) is 11.7 Å². The van der Waals surface area contributed by atoms with Crippen LogP contribution in [-0.2, 0) is 10.2 Å². The Morgan fingerprint density at radius 1 is 0.931 bits per heavy atom. The number of carbonyl (C=O) groups excluding carboxylic acids is 2. The predicted octanol–water partition coefficient (Wildman–Crippen LogP) is 5.29. The van der Waals surface area contributed by atoms with E-state index < -0.39 is 5.41 Å². The highest BCUT2D eigenvalue weighted by Crippen LogP contribution is 2.42. The van der Waals surface area contributed by atoms with Gasteiger partial charge in [-0.15, -0.1) is 0 Å². The third-order valence-electron chi connectivity index (χ3n) is 5.71. The first-order valence-corrected chi connectivity index (χ1v) is 9.91. The summed E-state index contributed by atoms with van der Waals surface area (Å²) < 4.78 is 5.13. The van der Waals surface area contributed by atoms with Gasteiger partial charge in [0.1, 0.15) is 0 Å². The second-order valence-corrected chi connectivity index (χ2v) is 7.57. The van der Waals surface area contributed by atoms with E-state index >= 15 is 0 Å². The minimum Gasteiger partial charge on any atom is -0.459 e. The van der Waals surface area contributed by atoms with Crippen LogP contribution in [0.15, 0.2) is 71.3 Å². The molecule has 2 N–H and O–H groups in total. The summed E-state index contributed by atoms with van der Waals surface area (Å²) in [6, 6.07) is 18.8. The summed E-state index contributed by atoms with van der Waals surface area (Å²) in [6.07, 6.45) is 5.23. The lowest BCUT2D eigenvalue weighted by Gasteiger charge is -2.28. The monoisotopic (exact) mass is 388 g/mol. The highest BCUT2D eigenvalue weighted by molar-refractivity contribution is 6.03. The lowest BCUT2D eigenvalue weighted by atomic mass is 9.78. The molecule has 4 rings (SSSR count). The van der Waals surface area contributed by atoms with Crippen LogP contribution in [-0.4, -0.2) is 11.8 Å². The Morgan fingerprint density at radius 3 is 2.38 bits per heavy atom. The molecule has 0 atom stereocenters. The van der Waals surface area contributed by atoms with Crippen LogP contribution in [0.2, 0.25) is 0 Å². The van der Waals surface area contributed by atoms with E-state index in [2.05, 4.69) is 10.6 Å². The summed E-state index contributed by atoms with van der Waals surface area (Å²) in [6.45, 7) is 1.94. The Hall–Kier alpha value is -3.34. The van der Waals surface area contributed by atoms with E-state index in [9.17, 15) is 9.59 Å². The molecule has 1 fully saturated rings. The molecular weight excluding hydrogens is 364 g/mol. The molecule has 148 valence electrons. The zero-order valence-corrected chi connectivity index (χ0v) is 16.4. The summed E-state index contributed by atoms with van der Waals surface area (Å²) in [4.78, 5) is 25.6. The number of hydrogen-bond donors (Lipinski definition) is 2. The maximum Gasteiger partial charge on any atom is 0.291 e. The Labute approximate surface area is 170 Å². The molecule has 2 aromatic carbocycles. The molecule has 5 heteroatoms. The molecule has 29 heavy (non-hydrogen) atoms. The zero-order chi connectivity index (χ0) is 20.3. The standard InChI is InChI=1S/C24H24N2O3/c1-17-11-12-19(25-22(27)21-10-7-15-29-21)16-20(17)26-23(28)24(13-5-6-14-24)18-8-3-2-4-9-18/h2-4,7-12,15-16H,5-6,13-14H2,1H3,(H,25,27)(H,26,28). The fourth-order valence-electron chi connectivity index (χ4n) is 4.06. The molecule has 0 saturated heterocycles.